The van der Waals surface area contributed by atoms with Gasteiger partial charge in [-0.1, -0.05) is 42.5 Å². The molecular weight excluding hydrogens is 284 g/mol. The molecule has 1 saturated heterocycles. The normalized spacial score (nSPS) is 24.7. The van der Waals surface area contributed by atoms with Gasteiger partial charge in [0.15, 0.2) is 0 Å². The molecule has 3 nitrogen and oxygen atoms in total. The number of piperidine rings is 1. The summed E-state index contributed by atoms with van der Waals surface area (Å²) in [5.74, 6) is 1.29. The second-order valence-corrected chi connectivity index (χ2v) is 7.00. The van der Waals surface area contributed by atoms with Gasteiger partial charge in [-0.3, -0.25) is 9.69 Å². The van der Waals surface area contributed by atoms with Gasteiger partial charge in [-0.25, -0.2) is 0 Å². The topological polar surface area (TPSA) is 32.3 Å². The Kier molecular flexibility index (Phi) is 5.87. The number of carbonyl (C=O) groups excluding carboxylic acids is 1. The van der Waals surface area contributed by atoms with Crippen LogP contribution in [0.4, 0.5) is 0 Å². The molecule has 1 amide bonds. The summed E-state index contributed by atoms with van der Waals surface area (Å²) >= 11 is 0. The first kappa shape index (κ1) is 16.3. The quantitative estimate of drug-likeness (QED) is 0.817. The number of amides is 1. The maximum atomic E-state index is 12.1. The predicted octanol–water partition coefficient (Wildman–Crippen LogP) is 3.37. The number of benzene rings is 1. The van der Waals surface area contributed by atoms with Gasteiger partial charge in [-0.2, -0.15) is 0 Å². The van der Waals surface area contributed by atoms with E-state index in [1.54, 1.807) is 0 Å². The van der Waals surface area contributed by atoms with E-state index in [0.29, 0.717) is 18.3 Å². The van der Waals surface area contributed by atoms with Crippen molar-refractivity contribution >= 4 is 5.91 Å². The zero-order chi connectivity index (χ0) is 15.9. The molecule has 1 heterocycles. The van der Waals surface area contributed by atoms with Crippen LogP contribution in [0.15, 0.2) is 42.5 Å². The molecule has 1 aromatic rings. The minimum absolute atomic E-state index is 0.224. The maximum Gasteiger partial charge on any atom is 0.220 e. The maximum absolute atomic E-state index is 12.1. The van der Waals surface area contributed by atoms with Crippen LogP contribution < -0.4 is 5.32 Å². The van der Waals surface area contributed by atoms with Crippen molar-refractivity contribution in [3.63, 3.8) is 0 Å². The van der Waals surface area contributed by atoms with E-state index in [2.05, 4.69) is 52.7 Å². The van der Waals surface area contributed by atoms with Crippen LogP contribution in [0.5, 0.6) is 0 Å². The SMILES string of the molecule is O=C(C[C@H]1C=CCC1)NC[C@H]1CCCN(Cc2ccccc2)C1. The molecule has 0 aromatic heterocycles. The highest BCUT2D eigenvalue weighted by molar-refractivity contribution is 5.76. The molecule has 2 aliphatic rings. The second kappa shape index (κ2) is 8.30. The molecule has 124 valence electrons. The Morgan fingerprint density at radius 3 is 2.87 bits per heavy atom. The van der Waals surface area contributed by atoms with Gasteiger partial charge in [-0.15, -0.1) is 0 Å². The Morgan fingerprint density at radius 1 is 1.22 bits per heavy atom. The summed E-state index contributed by atoms with van der Waals surface area (Å²) in [7, 11) is 0. The van der Waals surface area contributed by atoms with Crippen LogP contribution >= 0.6 is 0 Å². The molecule has 1 N–H and O–H groups in total. The number of likely N-dealkylation sites (tertiary alicyclic amines) is 1. The number of hydrogen-bond acceptors (Lipinski definition) is 2. The molecular formula is C20H28N2O. The average molecular weight is 312 g/mol. The summed E-state index contributed by atoms with van der Waals surface area (Å²) in [5.41, 5.74) is 1.38. The molecule has 0 spiro atoms. The van der Waals surface area contributed by atoms with Gasteiger partial charge in [0.2, 0.25) is 5.91 Å². The van der Waals surface area contributed by atoms with Gasteiger partial charge in [0, 0.05) is 26.1 Å². The van der Waals surface area contributed by atoms with Crippen LogP contribution in [0.3, 0.4) is 0 Å². The minimum atomic E-state index is 0.224. The van der Waals surface area contributed by atoms with Crippen molar-refractivity contribution in [3.8, 4) is 0 Å². The zero-order valence-electron chi connectivity index (χ0n) is 13.9. The number of rotatable bonds is 6. The largest absolute Gasteiger partial charge is 0.356 e. The van der Waals surface area contributed by atoms with E-state index >= 15 is 0 Å². The Morgan fingerprint density at radius 2 is 2.09 bits per heavy atom. The Hall–Kier alpha value is -1.61. The molecule has 0 saturated carbocycles. The average Bonchev–Trinajstić information content (AvgIpc) is 3.07. The summed E-state index contributed by atoms with van der Waals surface area (Å²) in [4.78, 5) is 14.6. The van der Waals surface area contributed by atoms with Gasteiger partial charge in [-0.05, 0) is 49.6 Å². The molecule has 1 fully saturated rings. The fourth-order valence-corrected chi connectivity index (χ4v) is 3.74. The number of nitrogens with one attached hydrogen (secondary N) is 1. The highest BCUT2D eigenvalue weighted by Gasteiger charge is 2.21. The van der Waals surface area contributed by atoms with E-state index in [1.807, 2.05) is 0 Å². The fourth-order valence-electron chi connectivity index (χ4n) is 3.74. The summed E-state index contributed by atoms with van der Waals surface area (Å²) < 4.78 is 0. The summed E-state index contributed by atoms with van der Waals surface area (Å²) in [5, 5.41) is 3.16. The molecule has 0 unspecified atom stereocenters. The van der Waals surface area contributed by atoms with Gasteiger partial charge < -0.3 is 5.32 Å². The molecule has 1 aliphatic carbocycles. The third-order valence-corrected chi connectivity index (χ3v) is 5.00. The summed E-state index contributed by atoms with van der Waals surface area (Å²) in [6, 6.07) is 10.7. The Bertz CT molecular complexity index is 526. The summed E-state index contributed by atoms with van der Waals surface area (Å²) in [6.45, 7) is 4.13. The van der Waals surface area contributed by atoms with E-state index < -0.39 is 0 Å². The Labute approximate surface area is 139 Å². The minimum Gasteiger partial charge on any atom is -0.356 e. The van der Waals surface area contributed by atoms with Gasteiger partial charge in [0.25, 0.3) is 0 Å². The first-order chi connectivity index (χ1) is 11.3. The molecule has 0 bridgehead atoms. The van der Waals surface area contributed by atoms with Crippen LogP contribution in [-0.4, -0.2) is 30.4 Å². The standard InChI is InChI=1S/C20H28N2O/c23-20(13-17-7-4-5-8-17)21-14-19-11-6-12-22(16-19)15-18-9-2-1-3-10-18/h1-4,7,9-10,17,19H,5-6,8,11-16H2,(H,21,23)/t17-,19+/m0/s1. The number of nitrogens with zero attached hydrogens (tertiary/aromatic N) is 1. The van der Waals surface area contributed by atoms with Crippen LogP contribution in [0.25, 0.3) is 0 Å². The number of hydrogen-bond donors (Lipinski definition) is 1. The molecule has 2 atom stereocenters. The zero-order valence-corrected chi connectivity index (χ0v) is 13.9. The fraction of sp³-hybridized carbons (Fsp3) is 0.550. The van der Waals surface area contributed by atoms with Crippen molar-refractivity contribution in [3.05, 3.63) is 48.0 Å². The van der Waals surface area contributed by atoms with Crippen molar-refractivity contribution in [2.45, 2.75) is 38.6 Å². The molecule has 1 aliphatic heterocycles. The highest BCUT2D eigenvalue weighted by Crippen LogP contribution is 2.21. The first-order valence-corrected chi connectivity index (χ1v) is 8.99. The van der Waals surface area contributed by atoms with Crippen LogP contribution in [-0.2, 0) is 11.3 Å². The lowest BCUT2D eigenvalue weighted by molar-refractivity contribution is -0.122. The number of carbonyl (C=O) groups is 1. The summed E-state index contributed by atoms with van der Waals surface area (Å²) in [6.07, 6.45) is 9.80. The Balaban J connectivity index is 1.39. The van der Waals surface area contributed by atoms with Crippen LogP contribution in [0, 0.1) is 11.8 Å². The molecule has 3 rings (SSSR count). The lowest BCUT2D eigenvalue weighted by atomic mass is 9.97. The van der Waals surface area contributed by atoms with Crippen molar-refractivity contribution in [2.75, 3.05) is 19.6 Å². The van der Waals surface area contributed by atoms with Crippen molar-refractivity contribution in [2.24, 2.45) is 11.8 Å². The van der Waals surface area contributed by atoms with Crippen LogP contribution in [0.1, 0.15) is 37.7 Å². The predicted molar refractivity (Wildman–Crippen MR) is 93.9 cm³/mol. The monoisotopic (exact) mass is 312 g/mol. The van der Waals surface area contributed by atoms with Crippen molar-refractivity contribution < 1.29 is 4.79 Å². The van der Waals surface area contributed by atoms with Gasteiger partial charge in [0.1, 0.15) is 0 Å². The third-order valence-electron chi connectivity index (χ3n) is 5.00. The van der Waals surface area contributed by atoms with Crippen LogP contribution in [0.2, 0.25) is 0 Å². The molecule has 23 heavy (non-hydrogen) atoms. The highest BCUT2D eigenvalue weighted by atomic mass is 16.1. The van der Waals surface area contributed by atoms with E-state index in [-0.39, 0.29) is 5.91 Å². The van der Waals surface area contributed by atoms with E-state index in [4.69, 9.17) is 0 Å². The first-order valence-electron chi connectivity index (χ1n) is 8.99. The molecule has 0 radical (unpaired) electrons. The van der Waals surface area contributed by atoms with E-state index in [0.717, 1.165) is 32.5 Å². The third kappa shape index (κ3) is 5.21. The second-order valence-electron chi connectivity index (χ2n) is 7.00. The van der Waals surface area contributed by atoms with Gasteiger partial charge in [0.05, 0.1) is 0 Å². The number of allylic oxidation sites excluding steroid dienone is 2. The van der Waals surface area contributed by atoms with Crippen molar-refractivity contribution in [1.29, 1.82) is 0 Å². The van der Waals surface area contributed by atoms with E-state index in [9.17, 15) is 4.79 Å². The molecule has 1 aromatic carbocycles. The van der Waals surface area contributed by atoms with E-state index in [1.165, 1.54) is 24.9 Å². The lowest BCUT2D eigenvalue weighted by Crippen LogP contribution is -2.40. The van der Waals surface area contributed by atoms with Gasteiger partial charge >= 0.3 is 0 Å². The lowest BCUT2D eigenvalue weighted by Gasteiger charge is -2.33. The smallest absolute Gasteiger partial charge is 0.220 e. The molecule has 3 heteroatoms. The van der Waals surface area contributed by atoms with Crippen molar-refractivity contribution in [1.82, 2.24) is 10.2 Å².